The lowest BCUT2D eigenvalue weighted by Gasteiger charge is -2.34. The van der Waals surface area contributed by atoms with Gasteiger partial charge in [-0.2, -0.15) is 13.2 Å². The van der Waals surface area contributed by atoms with Crippen LogP contribution in [-0.4, -0.2) is 44.7 Å². The molecule has 1 fully saturated rings. The van der Waals surface area contributed by atoms with Crippen molar-refractivity contribution in [2.24, 2.45) is 0 Å². The van der Waals surface area contributed by atoms with Gasteiger partial charge in [0.2, 0.25) is 0 Å². The van der Waals surface area contributed by atoms with Gasteiger partial charge in [-0.3, -0.25) is 9.20 Å². The third kappa shape index (κ3) is 11.8. The van der Waals surface area contributed by atoms with Gasteiger partial charge in [0.1, 0.15) is 40.2 Å². The Morgan fingerprint density at radius 2 is 1.49 bits per heavy atom. The Bertz CT molecular complexity index is 3010. The summed E-state index contributed by atoms with van der Waals surface area (Å²) in [5, 5.41) is 7.67. The maximum atomic E-state index is 13.0. The third-order valence-corrected chi connectivity index (χ3v) is 11.5. The van der Waals surface area contributed by atoms with Gasteiger partial charge in [0.15, 0.2) is 0 Å². The summed E-state index contributed by atoms with van der Waals surface area (Å²) in [6.45, 7) is 5.86. The van der Waals surface area contributed by atoms with Crippen LogP contribution in [0.5, 0.6) is 17.2 Å². The predicted molar refractivity (Wildman–Crippen MR) is 250 cm³/mol. The molecule has 1 amide bonds. The van der Waals surface area contributed by atoms with Gasteiger partial charge in [0.05, 0.1) is 21.8 Å². The van der Waals surface area contributed by atoms with Gasteiger partial charge in [-0.05, 0) is 134 Å². The fourth-order valence-corrected chi connectivity index (χ4v) is 8.12. The molecule has 0 bridgehead atoms. The van der Waals surface area contributed by atoms with E-state index in [4.69, 9.17) is 16.3 Å². The van der Waals surface area contributed by atoms with Crippen molar-refractivity contribution in [3.63, 3.8) is 0 Å². The van der Waals surface area contributed by atoms with Crippen molar-refractivity contribution in [1.29, 1.82) is 0 Å². The zero-order chi connectivity index (χ0) is 48.0. The lowest BCUT2D eigenvalue weighted by atomic mass is 9.89. The molecule has 0 aliphatic carbocycles. The Hall–Kier alpha value is -7.33. The first-order valence-corrected chi connectivity index (χ1v) is 22.1. The molecule has 0 saturated carbocycles. The van der Waals surface area contributed by atoms with E-state index >= 15 is 0 Å². The summed E-state index contributed by atoms with van der Waals surface area (Å²) in [4.78, 5) is 28.8. The molecule has 0 radical (unpaired) electrons. The molecule has 8 aromatic rings. The second-order valence-corrected chi connectivity index (χ2v) is 16.4. The number of halogens is 7. The quantitative estimate of drug-likeness (QED) is 0.124. The average molecular weight is 952 g/mol. The van der Waals surface area contributed by atoms with Crippen LogP contribution in [-0.2, 0) is 19.1 Å². The number of amides is 1. The Morgan fingerprint density at radius 3 is 2.18 bits per heavy atom. The Labute approximate surface area is 392 Å². The van der Waals surface area contributed by atoms with Gasteiger partial charge >= 0.3 is 12.5 Å². The number of fused-ring (bicyclic) bond motifs is 2. The number of anilines is 3. The van der Waals surface area contributed by atoms with Crippen LogP contribution in [0.4, 0.5) is 43.5 Å². The number of carbonyl (C=O) groups excluding carboxylic acids is 1. The van der Waals surface area contributed by atoms with Gasteiger partial charge < -0.3 is 25.0 Å². The molecular formula is C51H44ClF6N7O3. The Morgan fingerprint density at radius 1 is 0.779 bits per heavy atom. The number of para-hydroxylation sites is 1. The number of pyridine rings is 1. The number of imidazole rings is 1. The second-order valence-electron chi connectivity index (χ2n) is 16.0. The molecule has 0 unspecified atom stereocenters. The second kappa shape index (κ2) is 20.3. The van der Waals surface area contributed by atoms with Gasteiger partial charge in [-0.25, -0.2) is 15.0 Å². The number of ether oxygens (including phenoxy) is 2. The minimum absolute atomic E-state index is 0.123. The maximum Gasteiger partial charge on any atom is 0.573 e. The number of hydrogen-bond donors (Lipinski definition) is 2. The fraction of sp³-hybridized carbons (Fsp3) is 0.216. The summed E-state index contributed by atoms with van der Waals surface area (Å²) in [7, 11) is 0. The summed E-state index contributed by atoms with van der Waals surface area (Å²) in [5.41, 5.74) is 5.86. The van der Waals surface area contributed by atoms with Crippen LogP contribution < -0.4 is 25.0 Å². The number of carbonyl (C=O) groups is 1. The summed E-state index contributed by atoms with van der Waals surface area (Å²) in [6, 6.07) is 37.2. The molecule has 0 spiro atoms. The minimum atomic E-state index is -4.68. The van der Waals surface area contributed by atoms with Crippen molar-refractivity contribution in [3.8, 4) is 17.2 Å². The highest BCUT2D eigenvalue weighted by Gasteiger charge is 2.32. The number of alkyl halides is 6. The van der Waals surface area contributed by atoms with Gasteiger partial charge in [-0.1, -0.05) is 61.0 Å². The largest absolute Gasteiger partial charge is 0.573 e. The lowest BCUT2D eigenvalue weighted by molar-refractivity contribution is -0.274. The fourth-order valence-electron chi connectivity index (χ4n) is 7.96. The first-order chi connectivity index (χ1) is 32.6. The maximum absolute atomic E-state index is 13.0. The minimum Gasteiger partial charge on any atom is -0.457 e. The van der Waals surface area contributed by atoms with E-state index < -0.39 is 18.1 Å². The topological polar surface area (TPSA) is 106 Å². The van der Waals surface area contributed by atoms with Crippen molar-refractivity contribution in [3.05, 3.63) is 179 Å². The first-order valence-electron chi connectivity index (χ1n) is 21.7. The van der Waals surface area contributed by atoms with Crippen LogP contribution in [0.25, 0.3) is 16.6 Å². The van der Waals surface area contributed by atoms with E-state index in [2.05, 4.69) is 47.4 Å². The molecule has 1 aliphatic heterocycles. The molecular weight excluding hydrogens is 908 g/mol. The Kier molecular flexibility index (Phi) is 14.1. The monoisotopic (exact) mass is 951 g/mol. The van der Waals surface area contributed by atoms with E-state index in [9.17, 15) is 31.1 Å². The third-order valence-electron chi connectivity index (χ3n) is 11.3. The number of nitrogens with zero attached hydrogens (tertiary/aromatic N) is 5. The van der Waals surface area contributed by atoms with E-state index in [0.717, 1.165) is 77.2 Å². The first kappa shape index (κ1) is 47.2. The standard InChI is InChI=1S/C29H28ClF3N4O2.C22H16F3N3O/c1-2-25-27(37-18-22(30)7-12-26(37)35-25)28(38)34-17-19-3-8-23(9-4-19)36-15-13-21(14-16-36)20-5-10-24(11-6-20)39-29(31,32)33;1-14-26-20-8-3-2-7-19(20)21(27-14)28-16-9-11-17(12-10-16)29-18-6-4-5-15(13-18)22(23,24)25/h3-12,18,21H,2,13-17H2,1H3,(H,34,38);2-13H,1H3,(H,26,27,28). The number of benzene rings is 5. The molecule has 0 atom stereocenters. The molecule has 2 N–H and O–H groups in total. The van der Waals surface area contributed by atoms with Crippen LogP contribution >= 0.6 is 11.6 Å². The van der Waals surface area contributed by atoms with Crippen molar-refractivity contribution < 1.29 is 40.6 Å². The molecule has 9 rings (SSSR count). The molecule has 10 nitrogen and oxygen atoms in total. The van der Waals surface area contributed by atoms with E-state index in [0.29, 0.717) is 46.7 Å². The normalized spacial score (nSPS) is 13.2. The van der Waals surface area contributed by atoms with Crippen LogP contribution in [0.3, 0.4) is 0 Å². The highest BCUT2D eigenvalue weighted by atomic mass is 35.5. The van der Waals surface area contributed by atoms with Crippen molar-refractivity contribution in [2.45, 2.75) is 58.1 Å². The van der Waals surface area contributed by atoms with Crippen molar-refractivity contribution >= 4 is 51.3 Å². The average Bonchev–Trinajstić information content (AvgIpc) is 3.69. The summed E-state index contributed by atoms with van der Waals surface area (Å²) in [5.74, 6) is 1.77. The van der Waals surface area contributed by atoms with Crippen LogP contribution in [0, 0.1) is 6.92 Å². The zero-order valence-electron chi connectivity index (χ0n) is 36.7. The SMILES string of the molecule is CCc1nc2ccc(Cl)cn2c1C(=O)NCc1ccc(N2CCC(c3ccc(OC(F)(F)F)cc3)CC2)cc1.Cc1nc(Nc2ccc(Oc3cccc(C(F)(F)F)c3)cc2)c2ccccc2n1. The molecule has 5 aromatic carbocycles. The van der Waals surface area contributed by atoms with E-state index in [-0.39, 0.29) is 23.3 Å². The molecule has 4 heterocycles. The Balaban J connectivity index is 0.000000192. The summed E-state index contributed by atoms with van der Waals surface area (Å²) >= 11 is 6.14. The highest BCUT2D eigenvalue weighted by Crippen LogP contribution is 2.35. The number of nitrogens with one attached hydrogen (secondary N) is 2. The van der Waals surface area contributed by atoms with Gasteiger partial charge in [-0.15, -0.1) is 13.2 Å². The number of aromatic nitrogens is 4. The summed E-state index contributed by atoms with van der Waals surface area (Å²) < 4.78 is 87.0. The number of rotatable bonds is 11. The van der Waals surface area contributed by atoms with Crippen LogP contribution in [0.1, 0.15) is 64.4 Å². The van der Waals surface area contributed by atoms with E-state index in [1.165, 1.54) is 24.3 Å². The predicted octanol–water partition coefficient (Wildman–Crippen LogP) is 13.3. The number of aryl methyl sites for hydroxylation is 2. The van der Waals surface area contributed by atoms with Crippen LogP contribution in [0.15, 0.2) is 140 Å². The van der Waals surface area contributed by atoms with Gasteiger partial charge in [0, 0.05) is 42.6 Å². The van der Waals surface area contributed by atoms with Crippen molar-refractivity contribution in [2.75, 3.05) is 23.3 Å². The highest BCUT2D eigenvalue weighted by molar-refractivity contribution is 6.30. The number of piperidine rings is 1. The van der Waals surface area contributed by atoms with Gasteiger partial charge in [0.25, 0.3) is 5.91 Å². The van der Waals surface area contributed by atoms with Crippen LogP contribution in [0.2, 0.25) is 5.02 Å². The summed E-state index contributed by atoms with van der Waals surface area (Å²) in [6.07, 6.45) is -4.96. The van der Waals surface area contributed by atoms with E-state index in [1.807, 2.05) is 50.2 Å². The molecule has 350 valence electrons. The molecule has 17 heteroatoms. The molecule has 3 aromatic heterocycles. The molecule has 1 saturated heterocycles. The van der Waals surface area contributed by atoms with Crippen molar-refractivity contribution in [1.82, 2.24) is 24.7 Å². The smallest absolute Gasteiger partial charge is 0.457 e. The zero-order valence-corrected chi connectivity index (χ0v) is 37.5. The molecule has 1 aliphatic rings. The number of hydrogen-bond acceptors (Lipinski definition) is 8. The lowest BCUT2D eigenvalue weighted by Crippen LogP contribution is -2.32. The van der Waals surface area contributed by atoms with E-state index in [1.54, 1.807) is 59.1 Å². The molecule has 68 heavy (non-hydrogen) atoms.